The number of ether oxygens (including phenoxy) is 1. The third-order valence-electron chi connectivity index (χ3n) is 5.50. The molecule has 27 heavy (non-hydrogen) atoms. The van der Waals surface area contributed by atoms with Crippen molar-refractivity contribution in [1.82, 2.24) is 14.6 Å². The van der Waals surface area contributed by atoms with Gasteiger partial charge in [-0.15, -0.1) is 5.10 Å². The Balaban J connectivity index is 1.68. The molecule has 2 atom stereocenters. The van der Waals surface area contributed by atoms with Gasteiger partial charge in [0.15, 0.2) is 5.72 Å². The highest BCUT2D eigenvalue weighted by molar-refractivity contribution is 7.03. The van der Waals surface area contributed by atoms with E-state index in [1.807, 2.05) is 28.6 Å². The molecule has 6 heteroatoms. The van der Waals surface area contributed by atoms with Gasteiger partial charge in [-0.3, -0.25) is 5.84 Å². The van der Waals surface area contributed by atoms with Gasteiger partial charge in [-0.25, -0.2) is 5.01 Å². The number of methoxy groups -OCH3 is 1. The lowest BCUT2D eigenvalue weighted by Gasteiger charge is -2.49. The van der Waals surface area contributed by atoms with E-state index < -0.39 is 5.72 Å². The third-order valence-corrected chi connectivity index (χ3v) is 6.00. The van der Waals surface area contributed by atoms with Gasteiger partial charge < -0.3 is 4.74 Å². The summed E-state index contributed by atoms with van der Waals surface area (Å²) in [5, 5.41) is 8.05. The average Bonchev–Trinajstić information content (AvgIpc) is 3.25. The largest absolute Gasteiger partial charge is 0.358 e. The smallest absolute Gasteiger partial charge is 0.162 e. The summed E-state index contributed by atoms with van der Waals surface area (Å²) in [5.74, 6) is 6.76. The van der Waals surface area contributed by atoms with Crippen LogP contribution in [0.2, 0.25) is 0 Å². The number of hydrogen-bond acceptors (Lipinski definition) is 6. The molecule has 1 aromatic heterocycles. The SMILES string of the molecule is COC1(c2ccccc2)C(Cc2cccc(-c3csnn3)c2)CCCN1N. The zero-order valence-electron chi connectivity index (χ0n) is 15.4. The maximum atomic E-state index is 6.50. The molecule has 0 radical (unpaired) electrons. The molecule has 1 aliphatic rings. The van der Waals surface area contributed by atoms with E-state index in [1.54, 1.807) is 7.11 Å². The van der Waals surface area contributed by atoms with Crippen molar-refractivity contribution in [3.8, 4) is 11.3 Å². The number of nitrogens with two attached hydrogens (primary N) is 1. The molecule has 0 saturated carbocycles. The quantitative estimate of drug-likeness (QED) is 0.682. The number of benzene rings is 2. The summed E-state index contributed by atoms with van der Waals surface area (Å²) in [6, 6.07) is 18.9. The van der Waals surface area contributed by atoms with Crippen LogP contribution in [0.5, 0.6) is 0 Å². The molecule has 1 saturated heterocycles. The second-order valence-electron chi connectivity index (χ2n) is 6.99. The van der Waals surface area contributed by atoms with Gasteiger partial charge in [0.1, 0.15) is 5.69 Å². The fourth-order valence-corrected chi connectivity index (χ4v) is 4.72. The zero-order chi connectivity index (χ0) is 18.7. The van der Waals surface area contributed by atoms with Crippen LogP contribution in [0.1, 0.15) is 24.0 Å². The average molecular weight is 381 g/mol. The monoisotopic (exact) mass is 380 g/mol. The predicted octanol–water partition coefficient (Wildman–Crippen LogP) is 3.83. The van der Waals surface area contributed by atoms with E-state index in [2.05, 4.69) is 46.0 Å². The van der Waals surface area contributed by atoms with E-state index in [0.29, 0.717) is 0 Å². The summed E-state index contributed by atoms with van der Waals surface area (Å²) in [6.45, 7) is 0.823. The summed E-state index contributed by atoms with van der Waals surface area (Å²) in [6.07, 6.45) is 3.02. The van der Waals surface area contributed by atoms with Crippen molar-refractivity contribution in [3.05, 3.63) is 71.1 Å². The first kappa shape index (κ1) is 18.3. The molecule has 0 spiro atoms. The van der Waals surface area contributed by atoms with Gasteiger partial charge in [0.2, 0.25) is 0 Å². The Morgan fingerprint density at radius 3 is 2.81 bits per heavy atom. The predicted molar refractivity (Wildman–Crippen MR) is 108 cm³/mol. The number of hydrogen-bond donors (Lipinski definition) is 1. The van der Waals surface area contributed by atoms with Crippen LogP contribution in [0.25, 0.3) is 11.3 Å². The van der Waals surface area contributed by atoms with Gasteiger partial charge in [-0.05, 0) is 42.4 Å². The van der Waals surface area contributed by atoms with E-state index in [9.17, 15) is 0 Å². The molecule has 0 amide bonds. The van der Waals surface area contributed by atoms with Crippen molar-refractivity contribution in [1.29, 1.82) is 0 Å². The summed E-state index contributed by atoms with van der Waals surface area (Å²) >= 11 is 1.37. The van der Waals surface area contributed by atoms with Gasteiger partial charge in [0.25, 0.3) is 0 Å². The molecule has 2 N–H and O–H groups in total. The molecule has 0 aliphatic carbocycles. The number of rotatable bonds is 5. The van der Waals surface area contributed by atoms with Crippen molar-refractivity contribution in [2.75, 3.05) is 13.7 Å². The second kappa shape index (κ2) is 7.86. The number of hydrazine groups is 1. The van der Waals surface area contributed by atoms with Crippen LogP contribution in [-0.4, -0.2) is 28.3 Å². The lowest BCUT2D eigenvalue weighted by molar-refractivity contribution is -0.202. The Bertz CT molecular complexity index is 871. The highest BCUT2D eigenvalue weighted by atomic mass is 32.1. The summed E-state index contributed by atoms with van der Waals surface area (Å²) < 4.78 is 10.1. The molecule has 2 unspecified atom stereocenters. The molecule has 140 valence electrons. The normalized spacial score (nSPS) is 23.4. The molecule has 5 nitrogen and oxygen atoms in total. The van der Waals surface area contributed by atoms with Crippen LogP contribution in [0.3, 0.4) is 0 Å². The van der Waals surface area contributed by atoms with Crippen LogP contribution >= 0.6 is 11.5 Å². The summed E-state index contributed by atoms with van der Waals surface area (Å²) in [5.41, 5.74) is 3.78. The van der Waals surface area contributed by atoms with Gasteiger partial charge in [-0.1, -0.05) is 53.0 Å². The van der Waals surface area contributed by atoms with Crippen molar-refractivity contribution >= 4 is 11.5 Å². The van der Waals surface area contributed by atoms with Crippen LogP contribution in [-0.2, 0) is 16.9 Å². The minimum absolute atomic E-state index is 0.257. The van der Waals surface area contributed by atoms with Gasteiger partial charge >= 0.3 is 0 Å². The molecular formula is C21H24N4OS. The number of nitrogens with zero attached hydrogens (tertiary/aromatic N) is 3. The van der Waals surface area contributed by atoms with Crippen LogP contribution < -0.4 is 5.84 Å². The Morgan fingerprint density at radius 1 is 1.22 bits per heavy atom. The minimum atomic E-state index is -0.613. The first-order valence-electron chi connectivity index (χ1n) is 9.23. The number of aromatic nitrogens is 2. The molecule has 2 aromatic carbocycles. The highest BCUT2D eigenvalue weighted by Gasteiger charge is 2.47. The van der Waals surface area contributed by atoms with Crippen molar-refractivity contribution < 1.29 is 4.74 Å². The summed E-state index contributed by atoms with van der Waals surface area (Å²) in [4.78, 5) is 0. The first-order valence-corrected chi connectivity index (χ1v) is 10.1. The summed E-state index contributed by atoms with van der Waals surface area (Å²) in [7, 11) is 1.77. The molecule has 2 heterocycles. The molecular weight excluding hydrogens is 356 g/mol. The molecule has 3 aromatic rings. The standard InChI is InChI=1S/C21H24N4OS/c1-26-21(18-9-3-2-4-10-18)19(11-6-12-25(21)22)14-16-7-5-8-17(13-16)20-15-27-24-23-20/h2-5,7-10,13,15,19H,6,11-12,14,22H2,1H3. The Labute approximate surface area is 163 Å². The van der Waals surface area contributed by atoms with Crippen LogP contribution in [0.4, 0.5) is 0 Å². The fourth-order valence-electron chi connectivity index (χ4n) is 4.26. The zero-order valence-corrected chi connectivity index (χ0v) is 16.2. The second-order valence-corrected chi connectivity index (χ2v) is 7.60. The van der Waals surface area contributed by atoms with E-state index in [4.69, 9.17) is 10.6 Å². The van der Waals surface area contributed by atoms with E-state index in [1.165, 1.54) is 17.1 Å². The first-order chi connectivity index (χ1) is 13.2. The molecule has 0 bridgehead atoms. The Hall–Kier alpha value is -2.12. The van der Waals surface area contributed by atoms with Crippen molar-refractivity contribution in [3.63, 3.8) is 0 Å². The number of piperidine rings is 1. The van der Waals surface area contributed by atoms with Gasteiger partial charge in [0.05, 0.1) is 0 Å². The topological polar surface area (TPSA) is 64.3 Å². The van der Waals surface area contributed by atoms with Crippen molar-refractivity contribution in [2.24, 2.45) is 11.8 Å². The maximum Gasteiger partial charge on any atom is 0.162 e. The van der Waals surface area contributed by atoms with Crippen LogP contribution in [0, 0.1) is 5.92 Å². The third kappa shape index (κ3) is 3.41. The minimum Gasteiger partial charge on any atom is -0.358 e. The lowest BCUT2D eigenvalue weighted by Crippen LogP contribution is -2.59. The molecule has 4 rings (SSSR count). The Kier molecular flexibility index (Phi) is 5.31. The van der Waals surface area contributed by atoms with E-state index in [-0.39, 0.29) is 5.92 Å². The van der Waals surface area contributed by atoms with Gasteiger partial charge in [-0.2, -0.15) is 0 Å². The maximum absolute atomic E-state index is 6.50. The van der Waals surface area contributed by atoms with E-state index >= 15 is 0 Å². The van der Waals surface area contributed by atoms with Crippen molar-refractivity contribution in [2.45, 2.75) is 25.0 Å². The molecule has 1 fully saturated rings. The highest BCUT2D eigenvalue weighted by Crippen LogP contribution is 2.43. The van der Waals surface area contributed by atoms with Gasteiger partial charge in [0, 0.05) is 36.1 Å². The Morgan fingerprint density at radius 2 is 2.07 bits per heavy atom. The fraction of sp³-hybridized carbons (Fsp3) is 0.333. The van der Waals surface area contributed by atoms with E-state index in [0.717, 1.165) is 42.6 Å². The lowest BCUT2D eigenvalue weighted by atomic mass is 9.78. The molecule has 1 aliphatic heterocycles. The van der Waals surface area contributed by atoms with Crippen LogP contribution in [0.15, 0.2) is 60.0 Å².